The standard InChI is InChI=1S/C13H17N5O2/c1-9-7-10(8-11(12(9)14)13(19)20-2)15-3-5-18-6-4-16-17-18/h4,6-8,15H,3,5,14H2,1-2H3. The number of methoxy groups -OCH3 is 1. The number of nitrogen functional groups attached to an aromatic ring is 1. The van der Waals surface area contributed by atoms with Crippen molar-refractivity contribution in [2.24, 2.45) is 0 Å². The van der Waals surface area contributed by atoms with Gasteiger partial charge in [0, 0.05) is 24.1 Å². The number of nitrogens with two attached hydrogens (primary N) is 1. The van der Waals surface area contributed by atoms with Crippen molar-refractivity contribution < 1.29 is 9.53 Å². The zero-order chi connectivity index (χ0) is 14.5. The number of hydrogen-bond acceptors (Lipinski definition) is 6. The molecule has 0 atom stereocenters. The monoisotopic (exact) mass is 275 g/mol. The zero-order valence-corrected chi connectivity index (χ0v) is 11.5. The van der Waals surface area contributed by atoms with Crippen molar-refractivity contribution in [3.63, 3.8) is 0 Å². The van der Waals surface area contributed by atoms with Gasteiger partial charge in [-0.2, -0.15) is 0 Å². The van der Waals surface area contributed by atoms with E-state index in [2.05, 4.69) is 15.6 Å². The minimum Gasteiger partial charge on any atom is -0.465 e. The second-order valence-corrected chi connectivity index (χ2v) is 4.34. The Morgan fingerprint density at radius 1 is 1.50 bits per heavy atom. The summed E-state index contributed by atoms with van der Waals surface area (Å²) in [4.78, 5) is 11.6. The number of ether oxygens (including phenoxy) is 1. The van der Waals surface area contributed by atoms with Gasteiger partial charge in [-0.05, 0) is 24.6 Å². The molecule has 0 unspecified atom stereocenters. The topological polar surface area (TPSA) is 95.1 Å². The van der Waals surface area contributed by atoms with Gasteiger partial charge in [0.1, 0.15) is 0 Å². The van der Waals surface area contributed by atoms with Crippen LogP contribution in [0.1, 0.15) is 15.9 Å². The van der Waals surface area contributed by atoms with Crippen LogP contribution in [0.25, 0.3) is 0 Å². The molecule has 0 aliphatic carbocycles. The highest BCUT2D eigenvalue weighted by molar-refractivity contribution is 5.97. The maximum atomic E-state index is 11.6. The fourth-order valence-electron chi connectivity index (χ4n) is 1.85. The highest BCUT2D eigenvalue weighted by Gasteiger charge is 2.13. The summed E-state index contributed by atoms with van der Waals surface area (Å²) in [6.45, 7) is 3.19. The van der Waals surface area contributed by atoms with Crippen LogP contribution < -0.4 is 11.1 Å². The largest absolute Gasteiger partial charge is 0.465 e. The number of esters is 1. The number of rotatable bonds is 5. The first-order valence-electron chi connectivity index (χ1n) is 6.18. The molecule has 106 valence electrons. The predicted molar refractivity (Wildman–Crippen MR) is 75.4 cm³/mol. The summed E-state index contributed by atoms with van der Waals surface area (Å²) in [5.41, 5.74) is 8.34. The maximum Gasteiger partial charge on any atom is 0.340 e. The number of aromatic nitrogens is 3. The predicted octanol–water partition coefficient (Wildman–Crippen LogP) is 1.07. The van der Waals surface area contributed by atoms with Crippen LogP contribution in [0.15, 0.2) is 24.5 Å². The Bertz CT molecular complexity index is 595. The van der Waals surface area contributed by atoms with Gasteiger partial charge >= 0.3 is 5.97 Å². The molecule has 0 spiro atoms. The summed E-state index contributed by atoms with van der Waals surface area (Å²) in [5.74, 6) is -0.439. The molecule has 20 heavy (non-hydrogen) atoms. The van der Waals surface area contributed by atoms with Crippen LogP contribution in [0, 0.1) is 6.92 Å². The highest BCUT2D eigenvalue weighted by atomic mass is 16.5. The van der Waals surface area contributed by atoms with Gasteiger partial charge in [-0.3, -0.25) is 4.68 Å². The quantitative estimate of drug-likeness (QED) is 0.626. The zero-order valence-electron chi connectivity index (χ0n) is 11.5. The van der Waals surface area contributed by atoms with E-state index in [-0.39, 0.29) is 0 Å². The lowest BCUT2D eigenvalue weighted by Crippen LogP contribution is -2.13. The van der Waals surface area contributed by atoms with Crippen LogP contribution >= 0.6 is 0 Å². The molecule has 7 nitrogen and oxygen atoms in total. The first-order valence-corrected chi connectivity index (χ1v) is 6.18. The lowest BCUT2D eigenvalue weighted by Gasteiger charge is -2.12. The normalized spacial score (nSPS) is 10.3. The van der Waals surface area contributed by atoms with Crippen LogP contribution in [0.2, 0.25) is 0 Å². The van der Waals surface area contributed by atoms with Crippen LogP contribution in [0.5, 0.6) is 0 Å². The van der Waals surface area contributed by atoms with E-state index in [0.29, 0.717) is 24.3 Å². The Kier molecular flexibility index (Phi) is 4.19. The van der Waals surface area contributed by atoms with Crippen LogP contribution in [0.3, 0.4) is 0 Å². The van der Waals surface area contributed by atoms with Crippen molar-refractivity contribution in [1.29, 1.82) is 0 Å². The fourth-order valence-corrected chi connectivity index (χ4v) is 1.85. The third-order valence-electron chi connectivity index (χ3n) is 2.93. The van der Waals surface area contributed by atoms with Crippen LogP contribution in [-0.2, 0) is 11.3 Å². The molecule has 0 fully saturated rings. The van der Waals surface area contributed by atoms with Crippen LogP contribution in [0.4, 0.5) is 11.4 Å². The summed E-state index contributed by atoms with van der Waals surface area (Å²) in [5, 5.41) is 10.8. The molecule has 0 aliphatic heterocycles. The molecule has 0 saturated carbocycles. The maximum absolute atomic E-state index is 11.6. The first kappa shape index (κ1) is 13.9. The molecule has 2 aromatic rings. The van der Waals surface area contributed by atoms with Gasteiger partial charge in [-0.25, -0.2) is 4.79 Å². The third kappa shape index (κ3) is 3.05. The van der Waals surface area contributed by atoms with E-state index in [1.807, 2.05) is 13.0 Å². The van der Waals surface area contributed by atoms with E-state index in [1.54, 1.807) is 23.1 Å². The molecule has 7 heteroatoms. The number of hydrogen-bond donors (Lipinski definition) is 2. The minimum atomic E-state index is -0.439. The van der Waals surface area contributed by atoms with Crippen molar-refractivity contribution in [2.75, 3.05) is 24.7 Å². The Labute approximate surface area is 116 Å². The van der Waals surface area contributed by atoms with E-state index in [9.17, 15) is 4.79 Å². The molecule has 0 bridgehead atoms. The van der Waals surface area contributed by atoms with Crippen molar-refractivity contribution in [3.05, 3.63) is 35.7 Å². The smallest absolute Gasteiger partial charge is 0.340 e. The van der Waals surface area contributed by atoms with E-state index >= 15 is 0 Å². The van der Waals surface area contributed by atoms with Gasteiger partial charge in [0.25, 0.3) is 0 Å². The molecular formula is C13H17N5O2. The molecule has 0 radical (unpaired) electrons. The van der Waals surface area contributed by atoms with Gasteiger partial charge in [-0.1, -0.05) is 5.21 Å². The minimum absolute atomic E-state index is 0.371. The summed E-state index contributed by atoms with van der Waals surface area (Å²) in [6, 6.07) is 3.58. The van der Waals surface area contributed by atoms with E-state index in [4.69, 9.17) is 10.5 Å². The fraction of sp³-hybridized carbons (Fsp3) is 0.308. The Hall–Kier alpha value is -2.57. The first-order chi connectivity index (χ1) is 9.61. The van der Waals surface area contributed by atoms with E-state index in [1.165, 1.54) is 7.11 Å². The van der Waals surface area contributed by atoms with Crippen molar-refractivity contribution >= 4 is 17.3 Å². The van der Waals surface area contributed by atoms with Gasteiger partial charge in [0.05, 0.1) is 25.4 Å². The molecule has 0 saturated heterocycles. The van der Waals surface area contributed by atoms with Gasteiger partial charge in [0.15, 0.2) is 0 Å². The molecule has 0 aliphatic rings. The lowest BCUT2D eigenvalue weighted by molar-refractivity contribution is 0.0602. The number of anilines is 2. The molecule has 1 aromatic carbocycles. The number of aryl methyl sites for hydroxylation is 1. The highest BCUT2D eigenvalue weighted by Crippen LogP contribution is 2.23. The van der Waals surface area contributed by atoms with Crippen LogP contribution in [-0.4, -0.2) is 34.6 Å². The van der Waals surface area contributed by atoms with Gasteiger partial charge < -0.3 is 15.8 Å². The SMILES string of the molecule is COC(=O)c1cc(NCCn2ccnn2)cc(C)c1N. The molecule has 2 rings (SSSR count). The summed E-state index contributed by atoms with van der Waals surface area (Å²) < 4.78 is 6.44. The molecule has 1 heterocycles. The molecule has 1 aromatic heterocycles. The molecular weight excluding hydrogens is 258 g/mol. The number of carbonyl (C=O) groups is 1. The van der Waals surface area contributed by atoms with Gasteiger partial charge in [-0.15, -0.1) is 5.10 Å². The lowest BCUT2D eigenvalue weighted by atomic mass is 10.1. The average Bonchev–Trinajstić information content (AvgIpc) is 2.95. The third-order valence-corrected chi connectivity index (χ3v) is 2.93. The Morgan fingerprint density at radius 3 is 2.95 bits per heavy atom. The second kappa shape index (κ2) is 6.05. The second-order valence-electron chi connectivity index (χ2n) is 4.34. The Morgan fingerprint density at radius 2 is 2.30 bits per heavy atom. The van der Waals surface area contributed by atoms with Crippen molar-refractivity contribution in [1.82, 2.24) is 15.0 Å². The number of carbonyl (C=O) groups excluding carboxylic acids is 1. The van der Waals surface area contributed by atoms with Crippen molar-refractivity contribution in [3.8, 4) is 0 Å². The summed E-state index contributed by atoms with van der Waals surface area (Å²) >= 11 is 0. The Balaban J connectivity index is 2.08. The van der Waals surface area contributed by atoms with E-state index in [0.717, 1.165) is 11.3 Å². The van der Waals surface area contributed by atoms with Crippen molar-refractivity contribution in [2.45, 2.75) is 13.5 Å². The molecule has 0 amide bonds. The number of nitrogens with zero attached hydrogens (tertiary/aromatic N) is 3. The average molecular weight is 275 g/mol. The van der Waals surface area contributed by atoms with E-state index < -0.39 is 5.97 Å². The molecule has 3 N–H and O–H groups in total. The number of nitrogens with one attached hydrogen (secondary N) is 1. The summed E-state index contributed by atoms with van der Waals surface area (Å²) in [6.07, 6.45) is 3.42. The summed E-state index contributed by atoms with van der Waals surface area (Å²) in [7, 11) is 1.34. The van der Waals surface area contributed by atoms with Gasteiger partial charge in [0.2, 0.25) is 0 Å². The number of benzene rings is 1.